The van der Waals surface area contributed by atoms with Gasteiger partial charge in [-0.15, -0.1) is 0 Å². The highest BCUT2D eigenvalue weighted by molar-refractivity contribution is 5.83. The second kappa shape index (κ2) is 5.25. The molecule has 4 nitrogen and oxygen atoms in total. The first-order chi connectivity index (χ1) is 10.1. The summed E-state index contributed by atoms with van der Waals surface area (Å²) in [5.41, 5.74) is 9.80. The predicted molar refractivity (Wildman–Crippen MR) is 83.7 cm³/mol. The van der Waals surface area contributed by atoms with E-state index < -0.39 is 0 Å². The zero-order chi connectivity index (χ0) is 14.8. The Balaban J connectivity index is 2.24. The van der Waals surface area contributed by atoms with E-state index in [0.29, 0.717) is 11.3 Å². The number of anilines is 1. The van der Waals surface area contributed by atoms with Gasteiger partial charge in [-0.3, -0.25) is 0 Å². The molecule has 0 amide bonds. The van der Waals surface area contributed by atoms with Crippen LogP contribution in [0.15, 0.2) is 54.7 Å². The van der Waals surface area contributed by atoms with Gasteiger partial charge in [0.2, 0.25) is 5.95 Å². The zero-order valence-corrected chi connectivity index (χ0v) is 11.6. The molecule has 0 saturated heterocycles. The number of nitrogens with two attached hydrogens (primary N) is 1. The number of aryl methyl sites for hydroxylation is 1. The minimum Gasteiger partial charge on any atom is -0.507 e. The second-order valence-corrected chi connectivity index (χ2v) is 4.88. The predicted octanol–water partition coefficient (Wildman–Crippen LogP) is 3.41. The van der Waals surface area contributed by atoms with Crippen LogP contribution in [0, 0.1) is 6.92 Å². The van der Waals surface area contributed by atoms with Crippen molar-refractivity contribution in [1.29, 1.82) is 0 Å². The summed E-state index contributed by atoms with van der Waals surface area (Å²) < 4.78 is 0. The van der Waals surface area contributed by atoms with Gasteiger partial charge < -0.3 is 10.8 Å². The number of phenols is 1. The minimum atomic E-state index is 0.185. The van der Waals surface area contributed by atoms with E-state index in [1.165, 1.54) is 0 Å². The van der Waals surface area contributed by atoms with Crippen LogP contribution in [0.4, 0.5) is 5.95 Å². The molecule has 104 valence electrons. The smallest absolute Gasteiger partial charge is 0.220 e. The average Bonchev–Trinajstić information content (AvgIpc) is 2.48. The van der Waals surface area contributed by atoms with Gasteiger partial charge in [0.25, 0.3) is 0 Å². The van der Waals surface area contributed by atoms with Gasteiger partial charge in [0.1, 0.15) is 5.75 Å². The Hall–Kier alpha value is -2.88. The first-order valence-electron chi connectivity index (χ1n) is 6.63. The third-order valence-electron chi connectivity index (χ3n) is 3.30. The van der Waals surface area contributed by atoms with Crippen LogP contribution < -0.4 is 5.73 Å². The van der Waals surface area contributed by atoms with Gasteiger partial charge in [-0.25, -0.2) is 9.97 Å². The Morgan fingerprint density at radius 1 is 1.00 bits per heavy atom. The summed E-state index contributed by atoms with van der Waals surface area (Å²) in [5, 5.41) is 10.2. The highest BCUT2D eigenvalue weighted by Gasteiger charge is 2.14. The third kappa shape index (κ3) is 2.56. The Labute approximate surface area is 122 Å². The molecule has 21 heavy (non-hydrogen) atoms. The molecule has 3 aromatic rings. The molecule has 0 aliphatic heterocycles. The normalized spacial score (nSPS) is 10.5. The van der Waals surface area contributed by atoms with Crippen LogP contribution in [-0.2, 0) is 0 Å². The Kier molecular flexibility index (Phi) is 3.28. The third-order valence-corrected chi connectivity index (χ3v) is 3.30. The molecule has 3 N–H and O–H groups in total. The molecule has 0 atom stereocenters. The van der Waals surface area contributed by atoms with Crippen LogP contribution in [0.3, 0.4) is 0 Å². The van der Waals surface area contributed by atoms with E-state index >= 15 is 0 Å². The summed E-state index contributed by atoms with van der Waals surface area (Å²) in [6.45, 7) is 1.93. The van der Waals surface area contributed by atoms with Gasteiger partial charge in [-0.1, -0.05) is 36.4 Å². The summed E-state index contributed by atoms with van der Waals surface area (Å²) in [4.78, 5) is 8.39. The summed E-state index contributed by atoms with van der Waals surface area (Å²) in [6, 6.07) is 15.3. The summed E-state index contributed by atoms with van der Waals surface area (Å²) in [5.74, 6) is 0.370. The van der Waals surface area contributed by atoms with Crippen molar-refractivity contribution in [3.63, 3.8) is 0 Å². The number of hydrogen-bond donors (Lipinski definition) is 2. The lowest BCUT2D eigenvalue weighted by molar-refractivity contribution is 0.476. The van der Waals surface area contributed by atoms with E-state index in [0.717, 1.165) is 16.7 Å². The number of aromatic hydroxyl groups is 1. The van der Waals surface area contributed by atoms with Crippen molar-refractivity contribution in [2.45, 2.75) is 6.92 Å². The maximum absolute atomic E-state index is 10.2. The number of phenolic OH excluding ortho intramolecular Hbond substituents is 1. The molecule has 1 aromatic heterocycles. The number of nitrogen functional groups attached to an aromatic ring is 1. The number of nitrogens with zero attached hydrogens (tertiary/aromatic N) is 2. The molecule has 0 bridgehead atoms. The van der Waals surface area contributed by atoms with Crippen LogP contribution in [0.25, 0.3) is 22.4 Å². The maximum atomic E-state index is 10.2. The Morgan fingerprint density at radius 2 is 1.76 bits per heavy atom. The molecule has 0 saturated carbocycles. The van der Waals surface area contributed by atoms with Crippen LogP contribution >= 0.6 is 0 Å². The topological polar surface area (TPSA) is 72.0 Å². The van der Waals surface area contributed by atoms with Crippen molar-refractivity contribution in [3.05, 3.63) is 60.3 Å². The van der Waals surface area contributed by atoms with Gasteiger partial charge in [-0.2, -0.15) is 0 Å². The van der Waals surface area contributed by atoms with Crippen molar-refractivity contribution in [3.8, 4) is 28.1 Å². The fraction of sp³-hybridized carbons (Fsp3) is 0.0588. The molecule has 0 fully saturated rings. The molecule has 4 heteroatoms. The summed E-state index contributed by atoms with van der Waals surface area (Å²) in [6.07, 6.45) is 1.69. The molecule has 0 aliphatic rings. The maximum Gasteiger partial charge on any atom is 0.220 e. The first kappa shape index (κ1) is 13.1. The fourth-order valence-corrected chi connectivity index (χ4v) is 2.27. The molecule has 3 rings (SSSR count). The van der Waals surface area contributed by atoms with E-state index in [9.17, 15) is 5.11 Å². The largest absolute Gasteiger partial charge is 0.507 e. The van der Waals surface area contributed by atoms with E-state index in [1.54, 1.807) is 12.3 Å². The highest BCUT2D eigenvalue weighted by atomic mass is 16.3. The zero-order valence-electron chi connectivity index (χ0n) is 11.6. The average molecular weight is 277 g/mol. The first-order valence-corrected chi connectivity index (χ1v) is 6.63. The van der Waals surface area contributed by atoms with E-state index in [-0.39, 0.29) is 11.7 Å². The van der Waals surface area contributed by atoms with Gasteiger partial charge in [0.15, 0.2) is 0 Å². The van der Waals surface area contributed by atoms with Crippen molar-refractivity contribution in [2.24, 2.45) is 0 Å². The quantitative estimate of drug-likeness (QED) is 0.753. The van der Waals surface area contributed by atoms with Crippen molar-refractivity contribution >= 4 is 5.95 Å². The van der Waals surface area contributed by atoms with Crippen molar-refractivity contribution < 1.29 is 5.11 Å². The molecule has 0 unspecified atom stereocenters. The number of hydrogen-bond acceptors (Lipinski definition) is 4. The van der Waals surface area contributed by atoms with Gasteiger partial charge >= 0.3 is 0 Å². The molecular formula is C17H15N3O. The second-order valence-electron chi connectivity index (χ2n) is 4.88. The van der Waals surface area contributed by atoms with E-state index in [4.69, 9.17) is 5.73 Å². The van der Waals surface area contributed by atoms with Crippen molar-refractivity contribution in [2.75, 3.05) is 5.73 Å². The Bertz CT molecular complexity index is 785. The number of aromatic nitrogens is 2. The standard InChI is InChI=1S/C17H15N3O/c1-11-7-8-13(15(21)9-11)16-14(10-19-17(18)20-16)12-5-3-2-4-6-12/h2-10,21H,1H3,(H2,18,19,20). The summed E-state index contributed by atoms with van der Waals surface area (Å²) >= 11 is 0. The summed E-state index contributed by atoms with van der Waals surface area (Å²) in [7, 11) is 0. The van der Waals surface area contributed by atoms with Gasteiger partial charge in [0, 0.05) is 17.3 Å². The van der Waals surface area contributed by atoms with E-state index in [1.807, 2.05) is 49.4 Å². The Morgan fingerprint density at radius 3 is 2.48 bits per heavy atom. The number of rotatable bonds is 2. The van der Waals surface area contributed by atoms with Crippen LogP contribution in [-0.4, -0.2) is 15.1 Å². The molecule has 0 radical (unpaired) electrons. The lowest BCUT2D eigenvalue weighted by Crippen LogP contribution is -1.98. The SMILES string of the molecule is Cc1ccc(-c2nc(N)ncc2-c2ccccc2)c(O)c1. The minimum absolute atomic E-state index is 0.185. The lowest BCUT2D eigenvalue weighted by Gasteiger charge is -2.11. The fourth-order valence-electron chi connectivity index (χ4n) is 2.27. The van der Waals surface area contributed by atoms with Crippen LogP contribution in [0.1, 0.15) is 5.56 Å². The highest BCUT2D eigenvalue weighted by Crippen LogP contribution is 2.35. The molecule has 0 aliphatic carbocycles. The van der Waals surface area contributed by atoms with Crippen LogP contribution in [0.5, 0.6) is 5.75 Å². The van der Waals surface area contributed by atoms with E-state index in [2.05, 4.69) is 9.97 Å². The van der Waals surface area contributed by atoms with Crippen LogP contribution in [0.2, 0.25) is 0 Å². The monoisotopic (exact) mass is 277 g/mol. The lowest BCUT2D eigenvalue weighted by atomic mass is 9.99. The molecule has 0 spiro atoms. The molecule has 1 heterocycles. The van der Waals surface area contributed by atoms with Crippen molar-refractivity contribution in [1.82, 2.24) is 9.97 Å². The molecular weight excluding hydrogens is 262 g/mol. The van der Waals surface area contributed by atoms with Gasteiger partial charge in [0.05, 0.1) is 5.69 Å². The van der Waals surface area contributed by atoms with Gasteiger partial charge in [-0.05, 0) is 30.2 Å². The molecule has 2 aromatic carbocycles. The number of benzene rings is 2.